The van der Waals surface area contributed by atoms with Crippen LogP contribution in [0.25, 0.3) is 0 Å². The van der Waals surface area contributed by atoms with Gasteiger partial charge in [0.05, 0.1) is 5.69 Å². The first-order valence-electron chi connectivity index (χ1n) is 7.66. The summed E-state index contributed by atoms with van der Waals surface area (Å²) in [6.07, 6.45) is 4.85. The van der Waals surface area contributed by atoms with Crippen molar-refractivity contribution >= 4 is 0 Å². The van der Waals surface area contributed by atoms with Gasteiger partial charge in [-0.15, -0.1) is 0 Å². The van der Waals surface area contributed by atoms with Gasteiger partial charge in [-0.3, -0.25) is 20.9 Å². The van der Waals surface area contributed by atoms with Crippen molar-refractivity contribution in [1.29, 1.82) is 0 Å². The number of hydrogen-bond acceptors (Lipinski definition) is 4. The van der Waals surface area contributed by atoms with Gasteiger partial charge < -0.3 is 0 Å². The molecule has 1 aromatic heterocycles. The van der Waals surface area contributed by atoms with Crippen LogP contribution >= 0.6 is 0 Å². The molecule has 2 heterocycles. The summed E-state index contributed by atoms with van der Waals surface area (Å²) in [7, 11) is 2.00. The fraction of sp³-hybridized carbons (Fsp3) is 0.800. The summed E-state index contributed by atoms with van der Waals surface area (Å²) in [6.45, 7) is 8.98. The molecule has 1 aromatic rings. The average molecular weight is 279 g/mol. The van der Waals surface area contributed by atoms with Crippen LogP contribution in [0.1, 0.15) is 44.5 Å². The summed E-state index contributed by atoms with van der Waals surface area (Å²) in [5.74, 6) is 5.86. The Bertz CT molecular complexity index is 431. The molecule has 1 aliphatic rings. The second-order valence-electron chi connectivity index (χ2n) is 6.53. The maximum atomic E-state index is 5.86. The number of aromatic nitrogens is 2. The van der Waals surface area contributed by atoms with Crippen LogP contribution in [0.3, 0.4) is 0 Å². The van der Waals surface area contributed by atoms with Gasteiger partial charge in [-0.25, -0.2) is 0 Å². The standard InChI is InChI=1S/C15H29N5/c1-12-10-13(19(4)18-12)11-14(17-16)15(2,3)20-8-6-5-7-9-20/h10,14,17H,5-9,11,16H2,1-4H3. The van der Waals surface area contributed by atoms with E-state index in [1.165, 1.54) is 38.0 Å². The predicted octanol–water partition coefficient (Wildman–Crippen LogP) is 1.37. The van der Waals surface area contributed by atoms with Gasteiger partial charge in [-0.2, -0.15) is 5.10 Å². The highest BCUT2D eigenvalue weighted by Gasteiger charge is 2.35. The summed E-state index contributed by atoms with van der Waals surface area (Å²) in [5.41, 5.74) is 5.39. The topological polar surface area (TPSA) is 59.1 Å². The normalized spacial score (nSPS) is 19.2. The van der Waals surface area contributed by atoms with E-state index in [1.54, 1.807) is 0 Å². The number of nitrogens with one attached hydrogen (secondary N) is 1. The lowest BCUT2D eigenvalue weighted by molar-refractivity contribution is 0.0605. The SMILES string of the molecule is Cc1cc(CC(NN)C(C)(C)N2CCCCC2)n(C)n1. The van der Waals surface area contributed by atoms with E-state index in [4.69, 9.17) is 5.84 Å². The van der Waals surface area contributed by atoms with Gasteiger partial charge in [-0.05, 0) is 52.8 Å². The number of hydrazine groups is 1. The van der Waals surface area contributed by atoms with Crippen molar-refractivity contribution in [3.05, 3.63) is 17.5 Å². The van der Waals surface area contributed by atoms with Crippen LogP contribution in [-0.2, 0) is 13.5 Å². The Morgan fingerprint density at radius 3 is 2.50 bits per heavy atom. The van der Waals surface area contributed by atoms with Crippen LogP contribution in [0, 0.1) is 6.92 Å². The number of nitrogens with zero attached hydrogens (tertiary/aromatic N) is 3. The summed E-state index contributed by atoms with van der Waals surface area (Å²) >= 11 is 0. The van der Waals surface area contributed by atoms with E-state index in [2.05, 4.69) is 35.3 Å². The highest BCUT2D eigenvalue weighted by Crippen LogP contribution is 2.25. The molecule has 114 valence electrons. The average Bonchev–Trinajstić information content (AvgIpc) is 2.75. The Hall–Kier alpha value is -0.910. The lowest BCUT2D eigenvalue weighted by Crippen LogP contribution is -2.61. The third kappa shape index (κ3) is 3.22. The molecule has 3 N–H and O–H groups in total. The molecule has 1 atom stereocenters. The molecule has 5 heteroatoms. The monoisotopic (exact) mass is 279 g/mol. The van der Waals surface area contributed by atoms with E-state index < -0.39 is 0 Å². The lowest BCUT2D eigenvalue weighted by atomic mass is 9.87. The summed E-state index contributed by atoms with van der Waals surface area (Å²) < 4.78 is 1.96. The van der Waals surface area contributed by atoms with Crippen LogP contribution in [-0.4, -0.2) is 39.4 Å². The van der Waals surface area contributed by atoms with Gasteiger partial charge in [0.25, 0.3) is 0 Å². The Morgan fingerprint density at radius 1 is 1.35 bits per heavy atom. The van der Waals surface area contributed by atoms with Gasteiger partial charge in [-0.1, -0.05) is 6.42 Å². The first-order chi connectivity index (χ1) is 9.45. The van der Waals surface area contributed by atoms with Crippen LogP contribution in [0.15, 0.2) is 6.07 Å². The summed E-state index contributed by atoms with van der Waals surface area (Å²) in [4.78, 5) is 2.57. The van der Waals surface area contributed by atoms with E-state index in [9.17, 15) is 0 Å². The fourth-order valence-electron chi connectivity index (χ4n) is 3.27. The highest BCUT2D eigenvalue weighted by atomic mass is 15.3. The molecular formula is C15H29N5. The third-order valence-electron chi connectivity index (χ3n) is 4.74. The van der Waals surface area contributed by atoms with E-state index in [0.717, 1.165) is 12.1 Å². The molecule has 1 aliphatic heterocycles. The molecule has 1 unspecified atom stereocenters. The van der Waals surface area contributed by atoms with Crippen molar-refractivity contribution in [2.75, 3.05) is 13.1 Å². The van der Waals surface area contributed by atoms with Crippen LogP contribution in [0.4, 0.5) is 0 Å². The van der Waals surface area contributed by atoms with Gasteiger partial charge in [0.2, 0.25) is 0 Å². The molecule has 0 aromatic carbocycles. The van der Waals surface area contributed by atoms with E-state index >= 15 is 0 Å². The number of nitrogens with two attached hydrogens (primary N) is 1. The van der Waals surface area contributed by atoms with E-state index in [0.29, 0.717) is 0 Å². The number of piperidine rings is 1. The van der Waals surface area contributed by atoms with Gasteiger partial charge in [0.15, 0.2) is 0 Å². The van der Waals surface area contributed by atoms with Crippen molar-refractivity contribution in [3.63, 3.8) is 0 Å². The van der Waals surface area contributed by atoms with Crippen LogP contribution in [0.5, 0.6) is 0 Å². The molecule has 1 fully saturated rings. The minimum Gasteiger partial charge on any atom is -0.297 e. The lowest BCUT2D eigenvalue weighted by Gasteiger charge is -2.45. The number of aryl methyl sites for hydroxylation is 2. The van der Waals surface area contributed by atoms with E-state index in [1.807, 2.05) is 18.7 Å². The molecule has 20 heavy (non-hydrogen) atoms. The minimum atomic E-state index is 0.0490. The first-order valence-corrected chi connectivity index (χ1v) is 7.66. The van der Waals surface area contributed by atoms with Crippen molar-refractivity contribution in [1.82, 2.24) is 20.1 Å². The number of rotatable bonds is 5. The highest BCUT2D eigenvalue weighted by molar-refractivity contribution is 5.12. The van der Waals surface area contributed by atoms with Gasteiger partial charge in [0.1, 0.15) is 0 Å². The van der Waals surface area contributed by atoms with Crippen LogP contribution < -0.4 is 11.3 Å². The zero-order chi connectivity index (χ0) is 14.8. The van der Waals surface area contributed by atoms with Crippen LogP contribution in [0.2, 0.25) is 0 Å². The Balaban J connectivity index is 2.11. The predicted molar refractivity (Wildman–Crippen MR) is 82.3 cm³/mol. The summed E-state index contributed by atoms with van der Waals surface area (Å²) in [5, 5.41) is 4.43. The Morgan fingerprint density at radius 2 is 2.00 bits per heavy atom. The molecule has 0 aliphatic carbocycles. The maximum Gasteiger partial charge on any atom is 0.0596 e. The molecule has 5 nitrogen and oxygen atoms in total. The van der Waals surface area contributed by atoms with Gasteiger partial charge >= 0.3 is 0 Å². The van der Waals surface area contributed by atoms with Crippen molar-refractivity contribution < 1.29 is 0 Å². The Kier molecular flexibility index (Phi) is 4.83. The van der Waals surface area contributed by atoms with Crippen molar-refractivity contribution in [3.8, 4) is 0 Å². The molecule has 0 amide bonds. The molecule has 0 bridgehead atoms. The molecule has 1 saturated heterocycles. The second kappa shape index (κ2) is 6.24. The fourth-order valence-corrected chi connectivity index (χ4v) is 3.27. The molecule has 0 radical (unpaired) electrons. The molecule has 0 saturated carbocycles. The van der Waals surface area contributed by atoms with Gasteiger partial charge in [0, 0.05) is 30.7 Å². The minimum absolute atomic E-state index is 0.0490. The smallest absolute Gasteiger partial charge is 0.0596 e. The van der Waals surface area contributed by atoms with Crippen molar-refractivity contribution in [2.24, 2.45) is 12.9 Å². The first kappa shape index (κ1) is 15.5. The zero-order valence-corrected chi connectivity index (χ0v) is 13.3. The van der Waals surface area contributed by atoms with E-state index in [-0.39, 0.29) is 11.6 Å². The largest absolute Gasteiger partial charge is 0.297 e. The third-order valence-corrected chi connectivity index (χ3v) is 4.74. The quantitative estimate of drug-likeness (QED) is 0.631. The number of hydrogen-bond donors (Lipinski definition) is 2. The Labute approximate surface area is 122 Å². The molecule has 2 rings (SSSR count). The summed E-state index contributed by atoms with van der Waals surface area (Å²) in [6, 6.07) is 2.37. The molecule has 0 spiro atoms. The molecular weight excluding hydrogens is 250 g/mol. The number of likely N-dealkylation sites (tertiary alicyclic amines) is 1. The van der Waals surface area contributed by atoms with Crippen molar-refractivity contribution in [2.45, 2.75) is 58.0 Å². The second-order valence-corrected chi connectivity index (χ2v) is 6.53. The zero-order valence-electron chi connectivity index (χ0n) is 13.3. The maximum absolute atomic E-state index is 5.86.